The van der Waals surface area contributed by atoms with Crippen LogP contribution in [0.5, 0.6) is 0 Å². The Hall–Kier alpha value is -5.29. The van der Waals surface area contributed by atoms with Gasteiger partial charge in [0.1, 0.15) is 18.8 Å². The van der Waals surface area contributed by atoms with Crippen molar-refractivity contribution in [2.75, 3.05) is 142 Å². The second-order valence-electron chi connectivity index (χ2n) is 33.1. The van der Waals surface area contributed by atoms with Crippen molar-refractivity contribution in [1.82, 2.24) is 25.3 Å². The second-order valence-corrected chi connectivity index (χ2v) is 38.5. The lowest BCUT2D eigenvalue weighted by Gasteiger charge is -2.26. The molecule has 29 nitrogen and oxygen atoms in total. The van der Waals surface area contributed by atoms with Crippen LogP contribution < -0.4 is 20.4 Å². The monoisotopic (exact) mass is 2080 g/mol. The number of rotatable bonds is 15. The van der Waals surface area contributed by atoms with Crippen LogP contribution in [0.4, 0.5) is 25.8 Å². The van der Waals surface area contributed by atoms with Gasteiger partial charge in [0, 0.05) is 141 Å². The SMILES string of the molecule is Brc1cccc(Br)c1.Brc1cccc(N2CCC(OC3CCCCO3)C2)c1.C1=COCCC1.C1CCC(OC2CCNC2)OC1.CC(C)(C)OC(=O)N1CCC(O)C1.CO.Cl.Cl.O.O=C(OCc1ccccc1)N1CCC(O)C1.O=C(OCc1ccccc1)N1CCC(OC2CCCCO2)C1.O=S(=O)(Cl)c1cccc(N2CCC(OC3CCCCO3)C2)c1.OC1CCNC1. The molecule has 0 aromatic heterocycles. The molecule has 5 aromatic rings. The lowest BCUT2D eigenvalue weighted by atomic mass is 10.2. The fourth-order valence-corrected chi connectivity index (χ4v) is 17.2. The molecule has 36 heteroatoms. The molecule has 0 aliphatic carbocycles. The van der Waals surface area contributed by atoms with Crippen molar-refractivity contribution in [3.63, 3.8) is 0 Å². The molecule has 11 saturated heterocycles. The third-order valence-corrected chi connectivity index (χ3v) is 24.4. The molecule has 11 unspecified atom stereocenters. The smallest absolute Gasteiger partial charge is 0.410 e. The third-order valence-electron chi connectivity index (χ3n) is 21.6. The summed E-state index contributed by atoms with van der Waals surface area (Å²) in [5.41, 5.74) is 3.64. The van der Waals surface area contributed by atoms with Crippen molar-refractivity contribution < 1.29 is 106 Å². The number of β-amino-alcohol motifs (C(OH)–C–C–N with tert-alkyl or cyclic N) is 3. The number of allylic oxidation sites excluding steroid dienone is 1. The molecule has 5 aromatic carbocycles. The van der Waals surface area contributed by atoms with E-state index in [1.54, 1.807) is 23.3 Å². The summed E-state index contributed by atoms with van der Waals surface area (Å²) in [5, 5.41) is 40.5. The number of nitrogens with one attached hydrogen (secondary N) is 2. The topological polar surface area (TPSA) is 349 Å². The van der Waals surface area contributed by atoms with E-state index < -0.39 is 20.8 Å². The van der Waals surface area contributed by atoms with Crippen molar-refractivity contribution in [2.45, 2.75) is 247 Å². The molecule has 17 rings (SSSR count). The molecule has 12 aliphatic rings. The van der Waals surface area contributed by atoms with E-state index >= 15 is 0 Å². The molecular weight excluding hydrogens is 1950 g/mol. The molecule has 12 heterocycles. The number of ether oxygens (including phenoxy) is 12. The van der Waals surface area contributed by atoms with Crippen LogP contribution in [-0.4, -0.2) is 273 Å². The van der Waals surface area contributed by atoms with Gasteiger partial charge in [-0.05, 0) is 240 Å². The summed E-state index contributed by atoms with van der Waals surface area (Å²) in [6.45, 7) is 21.0. The maximum absolute atomic E-state index is 12.1. The highest BCUT2D eigenvalue weighted by Crippen LogP contribution is 2.31. The average molecular weight is 2090 g/mol. The number of likely N-dealkylation sites (tertiary alicyclic amines) is 3. The lowest BCUT2D eigenvalue weighted by molar-refractivity contribution is -0.184. The van der Waals surface area contributed by atoms with Gasteiger partial charge in [-0.15, -0.1) is 24.8 Å². The standard InChI is InChI=1S/C17H23NO4.C15H20BrNO2.C15H20ClNO4S.C12H15NO3.C9H17NO3.C9H17NO2.C6H4Br2.C5H8O.C4H9NO.CH4O.2ClH.H2O/c19-17(21-13-14-6-2-1-3-7-14)18-10-9-15(12-18)22-16-8-4-5-11-20-16;16-12-4-3-5-13(10-12)17-8-7-14(11-17)19-15-6-1-2-9-18-15;16-22(18,19)14-5-3-4-12(10-14)17-8-7-13(11-17)21-15-6-1-2-9-20-15;14-11-6-7-13(8-11)12(15)16-9-10-4-2-1-3-5-10;1-9(2,3)13-8(12)10-5-4-7(11)6-10;1-2-6-11-9(3-1)12-8-4-5-10-7-8;7-5-2-1-3-6(8)4-5;1-2-4-6-5-3-1;6-4-1-2-5-3-4;1-2;;;/h1-3,6-7,15-16H,4-5,8-13H2;3-5,10,14-15H,1-2,6-9,11H2;3-5,10,13,15H,1-2,6-9,11H2;1-5,11,14H,6-9H2;7,11H,4-6H2,1-3H3;8-10H,1-7H2;1-4H;2,4H,1,3,5H2;4-6H,1-3H2;2H,1H3;2*1H;1H2. The first-order chi connectivity index (χ1) is 60.9. The minimum absolute atomic E-state index is 0. The quantitative estimate of drug-likeness (QED) is 0.0419. The number of benzene rings is 5. The van der Waals surface area contributed by atoms with Crippen LogP contribution in [0, 0.1) is 0 Å². The maximum atomic E-state index is 12.1. The summed E-state index contributed by atoms with van der Waals surface area (Å²) in [6, 6.07) is 42.4. The molecule has 11 fully saturated rings. The van der Waals surface area contributed by atoms with Crippen LogP contribution in [0.25, 0.3) is 0 Å². The number of carbonyl (C=O) groups is 3. The van der Waals surface area contributed by atoms with Crippen molar-refractivity contribution in [3.8, 4) is 0 Å². The molecule has 728 valence electrons. The van der Waals surface area contributed by atoms with Gasteiger partial charge in [0.05, 0.1) is 67.0 Å². The number of amides is 3. The van der Waals surface area contributed by atoms with E-state index in [0.29, 0.717) is 70.9 Å². The zero-order valence-electron chi connectivity index (χ0n) is 75.1. The van der Waals surface area contributed by atoms with Crippen molar-refractivity contribution >= 4 is 122 Å². The van der Waals surface area contributed by atoms with Crippen LogP contribution in [0.3, 0.4) is 0 Å². The summed E-state index contributed by atoms with van der Waals surface area (Å²) in [6.07, 6.45) is 24.9. The zero-order valence-corrected chi connectivity index (χ0v) is 83.1. The van der Waals surface area contributed by atoms with Gasteiger partial charge in [-0.1, -0.05) is 127 Å². The minimum atomic E-state index is -3.70. The van der Waals surface area contributed by atoms with Crippen LogP contribution >= 0.6 is 83.3 Å². The Balaban J connectivity index is 0.000000263. The number of aliphatic hydroxyl groups excluding tert-OH is 4. The first-order valence-corrected chi connectivity index (χ1v) is 49.5. The fourth-order valence-electron chi connectivity index (χ4n) is 14.9. The molecule has 8 N–H and O–H groups in total. The largest absolute Gasteiger partial charge is 0.502 e. The predicted molar refractivity (Wildman–Crippen MR) is 515 cm³/mol. The molecule has 12 aliphatic heterocycles. The number of anilines is 2. The van der Waals surface area contributed by atoms with Gasteiger partial charge in [0.2, 0.25) is 0 Å². The van der Waals surface area contributed by atoms with Gasteiger partial charge >= 0.3 is 18.3 Å². The summed E-state index contributed by atoms with van der Waals surface area (Å²) in [7, 11) is 2.71. The predicted octanol–water partition coefficient (Wildman–Crippen LogP) is 16.0. The summed E-state index contributed by atoms with van der Waals surface area (Å²) < 4.78 is 92.8. The maximum Gasteiger partial charge on any atom is 0.410 e. The minimum Gasteiger partial charge on any atom is -0.502 e. The first kappa shape index (κ1) is 114. The van der Waals surface area contributed by atoms with Crippen LogP contribution in [-0.2, 0) is 79.1 Å². The number of hydrogen-bond donors (Lipinski definition) is 6. The van der Waals surface area contributed by atoms with Crippen LogP contribution in [0.1, 0.15) is 167 Å². The van der Waals surface area contributed by atoms with Gasteiger partial charge in [0.25, 0.3) is 9.05 Å². The van der Waals surface area contributed by atoms with Crippen molar-refractivity contribution in [3.05, 3.63) is 170 Å². The van der Waals surface area contributed by atoms with Gasteiger partial charge in [-0.2, -0.15) is 0 Å². The Morgan fingerprint density at radius 1 is 0.450 bits per heavy atom. The Kier molecular flexibility index (Phi) is 57.2. The molecule has 0 bridgehead atoms. The normalized spacial score (nSPS) is 24.3. The fraction of sp³-hybridized carbons (Fsp3) is 0.624. The first-order valence-electron chi connectivity index (χ1n) is 44.8. The molecule has 129 heavy (non-hydrogen) atoms. The Labute approximate surface area is 806 Å². The lowest BCUT2D eigenvalue weighted by Crippen LogP contribution is -2.35. The summed E-state index contributed by atoms with van der Waals surface area (Å²) in [5.74, 6) is 0. The van der Waals surface area contributed by atoms with E-state index in [0.717, 1.165) is 206 Å². The Bertz CT molecular complexity index is 3950. The second kappa shape index (κ2) is 64.6. The van der Waals surface area contributed by atoms with Gasteiger partial charge in [0.15, 0.2) is 25.2 Å². The highest BCUT2D eigenvalue weighted by Gasteiger charge is 2.34. The molecule has 11 atom stereocenters. The molecule has 0 spiro atoms. The Morgan fingerprint density at radius 2 is 0.860 bits per heavy atom. The highest BCUT2D eigenvalue weighted by molar-refractivity contribution is 9.11. The van der Waals surface area contributed by atoms with E-state index in [9.17, 15) is 33.0 Å². The van der Waals surface area contributed by atoms with Gasteiger partial charge in [-0.25, -0.2) is 22.8 Å². The van der Waals surface area contributed by atoms with E-state index in [4.69, 9.17) is 77.7 Å². The van der Waals surface area contributed by atoms with Crippen molar-refractivity contribution in [1.29, 1.82) is 0 Å². The van der Waals surface area contributed by atoms with E-state index in [1.807, 2.05) is 118 Å². The highest BCUT2D eigenvalue weighted by atomic mass is 79.9. The van der Waals surface area contributed by atoms with Crippen molar-refractivity contribution in [2.24, 2.45) is 0 Å². The van der Waals surface area contributed by atoms with Crippen LogP contribution in [0.15, 0.2) is 164 Å². The van der Waals surface area contributed by atoms with Crippen LogP contribution in [0.2, 0.25) is 0 Å². The van der Waals surface area contributed by atoms with Gasteiger partial charge < -0.3 is 118 Å². The average Bonchev–Trinajstić information content (AvgIpc) is 1.22. The summed E-state index contributed by atoms with van der Waals surface area (Å²) >= 11 is 10.2. The van der Waals surface area contributed by atoms with E-state index in [-0.39, 0.29) is 110 Å². The number of halogens is 6. The zero-order chi connectivity index (χ0) is 90.2. The number of hydrogen-bond acceptors (Lipinski definition) is 25. The Morgan fingerprint density at radius 3 is 1.21 bits per heavy atom. The number of nitrogens with zero attached hydrogens (tertiary/aromatic N) is 5. The van der Waals surface area contributed by atoms with E-state index in [2.05, 4.69) is 92.5 Å². The molecular formula is C93H141Br3Cl3N7O22S. The number of aliphatic hydroxyl groups is 4. The third kappa shape index (κ3) is 47.2. The number of carbonyl (C=O) groups excluding carboxylic acids is 3. The molecule has 0 saturated carbocycles. The van der Waals surface area contributed by atoms with E-state index in [1.165, 1.54) is 60.1 Å². The molecule has 3 amide bonds. The summed E-state index contributed by atoms with van der Waals surface area (Å²) in [4.78, 5) is 44.5. The van der Waals surface area contributed by atoms with Gasteiger partial charge in [-0.3, -0.25) is 0 Å². The molecule has 0 radical (unpaired) electrons.